The predicted octanol–water partition coefficient (Wildman–Crippen LogP) is -5.22. The van der Waals surface area contributed by atoms with Crippen LogP contribution in [0.4, 0.5) is 4.79 Å². The van der Waals surface area contributed by atoms with Crippen molar-refractivity contribution in [3.8, 4) is 0 Å². The Morgan fingerprint density at radius 2 is 1.60 bits per heavy atom. The summed E-state index contributed by atoms with van der Waals surface area (Å²) in [5, 5.41) is 16.7. The zero-order chi connectivity index (χ0) is 3.58. The summed E-state index contributed by atoms with van der Waals surface area (Å²) in [7, 11) is 0. The number of carbonyl (C=O) groups excluding carboxylic acids is 1. The van der Waals surface area contributed by atoms with Gasteiger partial charge in [-0.3, -0.25) is 0 Å². The standard InChI is InChI=1S/CH2O3.Na/c2-1(3)4;/h(H2,2,3,4);/q;+1. The Morgan fingerprint density at radius 3 is 1.60 bits per heavy atom. The molecular formula is CH2NaO3+. The van der Waals surface area contributed by atoms with Crippen LogP contribution >= 0.6 is 0 Å². The van der Waals surface area contributed by atoms with Gasteiger partial charge in [-0.1, -0.05) is 0 Å². The number of carbonyl (C=O) groups is 1. The second-order valence-electron chi connectivity index (χ2n) is 0.250. The van der Waals surface area contributed by atoms with E-state index in [1.165, 1.54) is 0 Å². The maximum atomic E-state index is 8.33. The molecule has 0 amide bonds. The molecule has 4 heteroatoms. The first-order chi connectivity index (χ1) is 1.73. The molecule has 5 heavy (non-hydrogen) atoms. The Balaban J connectivity index is -0.0000000150. The molecule has 0 spiro atoms. The first-order valence-electron chi connectivity index (χ1n) is 0.612. The number of hydrogen-bond acceptors (Lipinski definition) is 3. The van der Waals surface area contributed by atoms with E-state index in [9.17, 15) is 0 Å². The fourth-order valence-corrected chi connectivity index (χ4v) is 0. The SMILES string of the molecule is O=C([O-])[O-].[H+].[H+].[Na+]. The molecule has 0 aromatic rings. The van der Waals surface area contributed by atoms with Gasteiger partial charge in [-0.15, -0.1) is 0 Å². The number of rotatable bonds is 0. The van der Waals surface area contributed by atoms with E-state index in [0.717, 1.165) is 0 Å². The fourth-order valence-electron chi connectivity index (χ4n) is 0. The van der Waals surface area contributed by atoms with Crippen LogP contribution in [-0.4, -0.2) is 6.16 Å². The summed E-state index contributed by atoms with van der Waals surface area (Å²) in [4.78, 5) is 8.33. The van der Waals surface area contributed by atoms with Crippen molar-refractivity contribution in [3.63, 3.8) is 0 Å². The van der Waals surface area contributed by atoms with Crippen LogP contribution in [0.25, 0.3) is 0 Å². The van der Waals surface area contributed by atoms with Gasteiger partial charge >= 0.3 is 32.4 Å². The topological polar surface area (TPSA) is 63.2 Å². The monoisotopic (exact) mass is 85.0 g/mol. The van der Waals surface area contributed by atoms with Crippen LogP contribution in [0.15, 0.2) is 0 Å². The molecule has 0 radical (unpaired) electrons. The average molecular weight is 85.0 g/mol. The van der Waals surface area contributed by atoms with Gasteiger partial charge in [0.25, 0.3) is 0 Å². The Labute approximate surface area is 53.9 Å². The van der Waals surface area contributed by atoms with Crippen LogP contribution in [0.3, 0.4) is 0 Å². The average Bonchev–Trinajstić information content (AvgIpc) is 0.811. The van der Waals surface area contributed by atoms with Crippen LogP contribution < -0.4 is 39.8 Å². The Kier molecular flexibility index (Phi) is 7.67. The van der Waals surface area contributed by atoms with E-state index in [2.05, 4.69) is 0 Å². The van der Waals surface area contributed by atoms with Crippen LogP contribution in [0.5, 0.6) is 0 Å². The van der Waals surface area contributed by atoms with Crippen molar-refractivity contribution in [2.75, 3.05) is 0 Å². The molecule has 0 saturated carbocycles. The van der Waals surface area contributed by atoms with Gasteiger partial charge in [0.1, 0.15) is 0 Å². The third kappa shape index (κ3) is 302. The van der Waals surface area contributed by atoms with E-state index < -0.39 is 6.16 Å². The Hall–Kier alpha value is 0.270. The molecule has 0 unspecified atom stereocenters. The summed E-state index contributed by atoms with van der Waals surface area (Å²) >= 11 is 0. The largest absolute Gasteiger partial charge is 1.00 e. The van der Waals surface area contributed by atoms with Crippen molar-refractivity contribution in [2.45, 2.75) is 0 Å². The molecule has 0 aliphatic heterocycles. The molecule has 0 rings (SSSR count). The van der Waals surface area contributed by atoms with E-state index in [0.29, 0.717) is 0 Å². The Morgan fingerprint density at radius 1 is 1.60 bits per heavy atom. The molecule has 3 nitrogen and oxygen atoms in total. The van der Waals surface area contributed by atoms with Crippen molar-refractivity contribution in [1.82, 2.24) is 0 Å². The van der Waals surface area contributed by atoms with E-state index in [-0.39, 0.29) is 32.4 Å². The molecule has 0 fully saturated rings. The molecule has 0 N–H and O–H groups in total. The molecule has 24 valence electrons. The van der Waals surface area contributed by atoms with Crippen LogP contribution in [-0.2, 0) is 0 Å². The zero-order valence-corrected chi connectivity index (χ0v) is 4.72. The molecule has 0 aliphatic rings. The summed E-state index contributed by atoms with van der Waals surface area (Å²) in [6.45, 7) is 0. The molecule has 0 saturated heterocycles. The minimum Gasteiger partial charge on any atom is -0.652 e. The normalized spacial score (nSPS) is 4.80. The minimum atomic E-state index is -2.33. The summed E-state index contributed by atoms with van der Waals surface area (Å²) in [5.41, 5.74) is 0. The first-order valence-corrected chi connectivity index (χ1v) is 0.612. The molecule has 0 aromatic carbocycles. The fraction of sp³-hybridized carbons (Fsp3) is 0. The van der Waals surface area contributed by atoms with Crippen LogP contribution in [0, 0.1) is 0 Å². The molecule has 0 atom stereocenters. The molecule has 0 aromatic heterocycles. The quantitative estimate of drug-likeness (QED) is 0.276. The van der Waals surface area contributed by atoms with Gasteiger partial charge in [-0.05, 0) is 6.16 Å². The third-order valence-electron chi connectivity index (χ3n) is 0. The molecule has 0 bridgehead atoms. The Bertz CT molecular complexity index is 35.9. The smallest absolute Gasteiger partial charge is 0.652 e. The van der Waals surface area contributed by atoms with Crippen molar-refractivity contribution >= 4 is 6.16 Å². The van der Waals surface area contributed by atoms with Gasteiger partial charge in [0.15, 0.2) is 0 Å². The maximum Gasteiger partial charge on any atom is 1.00 e. The van der Waals surface area contributed by atoms with Crippen LogP contribution in [0.1, 0.15) is 2.85 Å². The van der Waals surface area contributed by atoms with Gasteiger partial charge in [0.05, 0.1) is 0 Å². The van der Waals surface area contributed by atoms with E-state index >= 15 is 0 Å². The number of hydrogen-bond donors (Lipinski definition) is 0. The van der Waals surface area contributed by atoms with E-state index in [4.69, 9.17) is 15.0 Å². The minimum absolute atomic E-state index is 0. The zero-order valence-electron chi connectivity index (χ0n) is 4.72. The van der Waals surface area contributed by atoms with Crippen molar-refractivity contribution in [3.05, 3.63) is 0 Å². The van der Waals surface area contributed by atoms with Gasteiger partial charge < -0.3 is 15.0 Å². The first kappa shape index (κ1) is 8.99. The molecular weight excluding hydrogens is 83.0 g/mol. The van der Waals surface area contributed by atoms with Gasteiger partial charge in [-0.25, -0.2) is 0 Å². The van der Waals surface area contributed by atoms with E-state index in [1.54, 1.807) is 0 Å². The molecule has 0 aliphatic carbocycles. The number of carboxylic acid groups (broad SMARTS) is 2. The predicted molar refractivity (Wildman–Crippen MR) is 7.62 cm³/mol. The van der Waals surface area contributed by atoms with Gasteiger partial charge in [0.2, 0.25) is 0 Å². The summed E-state index contributed by atoms with van der Waals surface area (Å²) < 4.78 is 0. The van der Waals surface area contributed by atoms with Crippen LogP contribution in [0.2, 0.25) is 0 Å². The second kappa shape index (κ2) is 4.27. The van der Waals surface area contributed by atoms with Gasteiger partial charge in [-0.2, -0.15) is 0 Å². The summed E-state index contributed by atoms with van der Waals surface area (Å²) in [5.74, 6) is 0. The van der Waals surface area contributed by atoms with Crippen molar-refractivity contribution in [2.24, 2.45) is 0 Å². The van der Waals surface area contributed by atoms with E-state index in [1.807, 2.05) is 0 Å². The van der Waals surface area contributed by atoms with Crippen molar-refractivity contribution in [1.29, 1.82) is 0 Å². The summed E-state index contributed by atoms with van der Waals surface area (Å²) in [6.07, 6.45) is -2.33. The second-order valence-corrected chi connectivity index (χ2v) is 0.250. The summed E-state index contributed by atoms with van der Waals surface area (Å²) in [6, 6.07) is 0. The van der Waals surface area contributed by atoms with Crippen molar-refractivity contribution < 1.29 is 47.4 Å². The molecule has 0 heterocycles. The third-order valence-corrected chi connectivity index (χ3v) is 0. The maximum absolute atomic E-state index is 8.33. The van der Waals surface area contributed by atoms with Gasteiger partial charge in [0, 0.05) is 0 Å².